The van der Waals surface area contributed by atoms with Crippen molar-refractivity contribution in [3.63, 3.8) is 0 Å². The van der Waals surface area contributed by atoms with Crippen molar-refractivity contribution in [3.8, 4) is 5.75 Å². The second-order valence-electron chi connectivity index (χ2n) is 5.21. The Bertz CT molecular complexity index is 476. The van der Waals surface area contributed by atoms with Crippen LogP contribution in [0.4, 0.5) is 0 Å². The van der Waals surface area contributed by atoms with Crippen LogP contribution >= 0.6 is 0 Å². The molecule has 2 rings (SSSR count). The van der Waals surface area contributed by atoms with Gasteiger partial charge in [0.25, 0.3) is 0 Å². The van der Waals surface area contributed by atoms with Gasteiger partial charge in [-0.2, -0.15) is 0 Å². The van der Waals surface area contributed by atoms with Crippen LogP contribution in [0.15, 0.2) is 30.9 Å². The van der Waals surface area contributed by atoms with E-state index in [1.54, 1.807) is 7.11 Å². The fourth-order valence-electron chi connectivity index (χ4n) is 2.97. The largest absolute Gasteiger partial charge is 0.497 e. The number of ether oxygens (including phenoxy) is 1. The van der Waals surface area contributed by atoms with Crippen molar-refractivity contribution < 1.29 is 9.53 Å². The number of hydrogen-bond donors (Lipinski definition) is 0. The van der Waals surface area contributed by atoms with Crippen LogP contribution in [0.25, 0.3) is 0 Å². The SMILES string of the molecule is C=C[C@@H]1CCc2cc(OC)ccc2[C@H]1CC(=O)CC. The summed E-state index contributed by atoms with van der Waals surface area (Å²) in [4.78, 5) is 11.8. The Morgan fingerprint density at radius 1 is 1.53 bits per heavy atom. The molecule has 0 saturated heterocycles. The van der Waals surface area contributed by atoms with E-state index in [2.05, 4.69) is 18.7 Å². The number of rotatable bonds is 5. The monoisotopic (exact) mass is 258 g/mol. The molecule has 1 aliphatic rings. The summed E-state index contributed by atoms with van der Waals surface area (Å²) in [5.41, 5.74) is 2.63. The van der Waals surface area contributed by atoms with Crippen LogP contribution in [0.3, 0.4) is 0 Å². The first kappa shape index (κ1) is 13.9. The van der Waals surface area contributed by atoms with Gasteiger partial charge in [-0.05, 0) is 47.9 Å². The fourth-order valence-corrected chi connectivity index (χ4v) is 2.97. The molecule has 2 nitrogen and oxygen atoms in total. The molecule has 0 saturated carbocycles. The van der Waals surface area contributed by atoms with Crippen LogP contribution in [0, 0.1) is 5.92 Å². The van der Waals surface area contributed by atoms with Crippen LogP contribution in [0.2, 0.25) is 0 Å². The molecule has 0 bridgehead atoms. The minimum Gasteiger partial charge on any atom is -0.497 e. The van der Waals surface area contributed by atoms with Crippen molar-refractivity contribution in [2.75, 3.05) is 7.11 Å². The van der Waals surface area contributed by atoms with E-state index in [-0.39, 0.29) is 0 Å². The summed E-state index contributed by atoms with van der Waals surface area (Å²) in [5.74, 6) is 1.94. The van der Waals surface area contributed by atoms with Gasteiger partial charge >= 0.3 is 0 Å². The number of carbonyl (C=O) groups excluding carboxylic acids is 1. The molecule has 0 aromatic heterocycles. The van der Waals surface area contributed by atoms with Gasteiger partial charge in [0.15, 0.2) is 0 Å². The summed E-state index contributed by atoms with van der Waals surface area (Å²) in [6, 6.07) is 6.23. The molecule has 19 heavy (non-hydrogen) atoms. The van der Waals surface area contributed by atoms with E-state index < -0.39 is 0 Å². The summed E-state index contributed by atoms with van der Waals surface area (Å²) in [6.45, 7) is 5.87. The number of Topliss-reactive ketones (excluding diaryl/α,β-unsaturated/α-hetero) is 1. The Balaban J connectivity index is 2.33. The third-order valence-corrected chi connectivity index (χ3v) is 4.16. The maximum Gasteiger partial charge on any atom is 0.133 e. The number of carbonyl (C=O) groups is 1. The topological polar surface area (TPSA) is 26.3 Å². The standard InChI is InChI=1S/C17H22O2/c1-4-12-6-7-13-10-15(19-3)8-9-16(13)17(12)11-14(18)5-2/h4,8-10,12,17H,1,5-7,11H2,2-3H3/t12-,17+/m1/s1. The zero-order valence-electron chi connectivity index (χ0n) is 11.8. The molecule has 0 heterocycles. The number of hydrogen-bond acceptors (Lipinski definition) is 2. The van der Waals surface area contributed by atoms with Gasteiger partial charge in [-0.3, -0.25) is 4.79 Å². The van der Waals surface area contributed by atoms with Crippen molar-refractivity contribution >= 4 is 5.78 Å². The van der Waals surface area contributed by atoms with Crippen molar-refractivity contribution in [3.05, 3.63) is 42.0 Å². The lowest BCUT2D eigenvalue weighted by molar-refractivity contribution is -0.119. The minimum atomic E-state index is 0.291. The molecule has 0 fully saturated rings. The highest BCUT2D eigenvalue weighted by Gasteiger charge is 2.29. The minimum absolute atomic E-state index is 0.291. The summed E-state index contributed by atoms with van der Waals surface area (Å²) in [6.07, 6.45) is 5.38. The Hall–Kier alpha value is -1.57. The molecule has 0 N–H and O–H groups in total. The van der Waals surface area contributed by atoms with E-state index in [0.29, 0.717) is 30.5 Å². The number of fused-ring (bicyclic) bond motifs is 1. The quantitative estimate of drug-likeness (QED) is 0.749. The number of allylic oxidation sites excluding steroid dienone is 1. The van der Waals surface area contributed by atoms with Gasteiger partial charge in [0.2, 0.25) is 0 Å². The molecule has 0 spiro atoms. The summed E-state index contributed by atoms with van der Waals surface area (Å²) >= 11 is 0. The first-order valence-corrected chi connectivity index (χ1v) is 7.00. The van der Waals surface area contributed by atoms with Crippen LogP contribution in [0.1, 0.15) is 43.2 Å². The number of ketones is 1. The fraction of sp³-hybridized carbons (Fsp3) is 0.471. The lowest BCUT2D eigenvalue weighted by atomic mass is 9.73. The van der Waals surface area contributed by atoms with Gasteiger partial charge in [0, 0.05) is 12.8 Å². The van der Waals surface area contributed by atoms with Gasteiger partial charge in [-0.25, -0.2) is 0 Å². The highest BCUT2D eigenvalue weighted by molar-refractivity contribution is 5.79. The van der Waals surface area contributed by atoms with Gasteiger partial charge < -0.3 is 4.74 Å². The zero-order valence-corrected chi connectivity index (χ0v) is 11.8. The van der Waals surface area contributed by atoms with Gasteiger partial charge in [0.1, 0.15) is 11.5 Å². The second-order valence-corrected chi connectivity index (χ2v) is 5.21. The lowest BCUT2D eigenvalue weighted by Crippen LogP contribution is -2.21. The zero-order chi connectivity index (χ0) is 13.8. The maximum atomic E-state index is 11.8. The predicted molar refractivity (Wildman–Crippen MR) is 77.7 cm³/mol. The Morgan fingerprint density at radius 3 is 2.95 bits per heavy atom. The van der Waals surface area contributed by atoms with E-state index in [9.17, 15) is 4.79 Å². The highest BCUT2D eigenvalue weighted by atomic mass is 16.5. The van der Waals surface area contributed by atoms with Gasteiger partial charge in [-0.15, -0.1) is 6.58 Å². The number of benzene rings is 1. The van der Waals surface area contributed by atoms with Gasteiger partial charge in [-0.1, -0.05) is 19.1 Å². The average Bonchev–Trinajstić information content (AvgIpc) is 2.46. The Labute approximate surface area is 115 Å². The maximum absolute atomic E-state index is 11.8. The smallest absolute Gasteiger partial charge is 0.133 e. The van der Waals surface area contributed by atoms with Crippen LogP contribution in [-0.4, -0.2) is 12.9 Å². The summed E-state index contributed by atoms with van der Waals surface area (Å²) in [5, 5.41) is 0. The normalized spacial score (nSPS) is 21.6. The van der Waals surface area contributed by atoms with Crippen molar-refractivity contribution in [1.29, 1.82) is 0 Å². The molecule has 1 aromatic carbocycles. The molecule has 2 heteroatoms. The average molecular weight is 258 g/mol. The first-order valence-electron chi connectivity index (χ1n) is 7.00. The molecule has 102 valence electrons. The molecule has 0 aliphatic heterocycles. The molecule has 2 atom stereocenters. The van der Waals surface area contributed by atoms with E-state index in [0.717, 1.165) is 18.6 Å². The van der Waals surface area contributed by atoms with E-state index >= 15 is 0 Å². The summed E-state index contributed by atoms with van der Waals surface area (Å²) < 4.78 is 5.28. The van der Waals surface area contributed by atoms with Crippen molar-refractivity contribution in [2.24, 2.45) is 5.92 Å². The Morgan fingerprint density at radius 2 is 2.32 bits per heavy atom. The molecule has 0 unspecified atom stereocenters. The molecular weight excluding hydrogens is 236 g/mol. The highest BCUT2D eigenvalue weighted by Crippen LogP contribution is 2.40. The molecular formula is C17H22O2. The number of aryl methyl sites for hydroxylation is 1. The molecule has 0 amide bonds. The third-order valence-electron chi connectivity index (χ3n) is 4.16. The third kappa shape index (κ3) is 2.89. The predicted octanol–water partition coefficient (Wildman–Crippen LogP) is 3.90. The van der Waals surface area contributed by atoms with E-state index in [1.807, 2.05) is 19.1 Å². The molecule has 0 radical (unpaired) electrons. The Kier molecular flexibility index (Phi) is 4.41. The van der Waals surface area contributed by atoms with Crippen LogP contribution in [-0.2, 0) is 11.2 Å². The van der Waals surface area contributed by atoms with Gasteiger partial charge in [0.05, 0.1) is 7.11 Å². The van der Waals surface area contributed by atoms with Crippen molar-refractivity contribution in [2.45, 2.75) is 38.5 Å². The number of methoxy groups -OCH3 is 1. The van der Waals surface area contributed by atoms with E-state index in [4.69, 9.17) is 4.74 Å². The van der Waals surface area contributed by atoms with Crippen molar-refractivity contribution in [1.82, 2.24) is 0 Å². The van der Waals surface area contributed by atoms with E-state index in [1.165, 1.54) is 11.1 Å². The summed E-state index contributed by atoms with van der Waals surface area (Å²) in [7, 11) is 1.69. The second kappa shape index (κ2) is 6.05. The van der Waals surface area contributed by atoms with Crippen LogP contribution < -0.4 is 4.74 Å². The van der Waals surface area contributed by atoms with Crippen LogP contribution in [0.5, 0.6) is 5.75 Å². The first-order chi connectivity index (χ1) is 9.19. The lowest BCUT2D eigenvalue weighted by Gasteiger charge is -2.31. The molecule has 1 aliphatic carbocycles. The molecule has 1 aromatic rings.